The van der Waals surface area contributed by atoms with Crippen molar-refractivity contribution in [2.45, 2.75) is 13.3 Å². The van der Waals surface area contributed by atoms with Crippen LogP contribution in [0.25, 0.3) is 0 Å². The van der Waals surface area contributed by atoms with E-state index in [0.717, 1.165) is 24.5 Å². The van der Waals surface area contributed by atoms with Crippen molar-refractivity contribution in [1.29, 1.82) is 5.26 Å². The summed E-state index contributed by atoms with van der Waals surface area (Å²) in [6, 6.07) is 4.05. The van der Waals surface area contributed by atoms with Gasteiger partial charge in [-0.05, 0) is 30.7 Å². The van der Waals surface area contributed by atoms with Gasteiger partial charge >= 0.3 is 5.97 Å². The summed E-state index contributed by atoms with van der Waals surface area (Å²) in [4.78, 5) is 17.6. The topological polar surface area (TPSA) is 66.2 Å². The van der Waals surface area contributed by atoms with Crippen LogP contribution >= 0.6 is 11.6 Å². The van der Waals surface area contributed by atoms with Gasteiger partial charge in [0.15, 0.2) is 0 Å². The molecule has 1 aromatic heterocycles. The summed E-state index contributed by atoms with van der Waals surface area (Å²) in [5.74, 6) is 1.32. The van der Waals surface area contributed by atoms with E-state index in [4.69, 9.17) is 16.3 Å². The van der Waals surface area contributed by atoms with Crippen LogP contribution in [0.1, 0.15) is 17.7 Å². The van der Waals surface area contributed by atoms with Crippen LogP contribution in [0.2, 0.25) is 5.15 Å². The lowest BCUT2D eigenvalue weighted by Crippen LogP contribution is -2.25. The third-order valence-electron chi connectivity index (χ3n) is 4.54. The minimum absolute atomic E-state index is 0.138. The van der Waals surface area contributed by atoms with Crippen molar-refractivity contribution in [3.8, 4) is 6.07 Å². The fourth-order valence-electron chi connectivity index (χ4n) is 3.40. The zero-order chi connectivity index (χ0) is 15.1. The number of nitrogens with zero attached hydrogens (tertiary/aromatic N) is 3. The third kappa shape index (κ3) is 2.44. The Morgan fingerprint density at radius 3 is 2.81 bits per heavy atom. The SMILES string of the molecule is COC(=O)C[C@@H]1[C@H]2CN(c3cc(C)nc(Cl)c3C#N)C[C@@H]12. The first-order valence-electron chi connectivity index (χ1n) is 6.94. The monoisotopic (exact) mass is 305 g/mol. The van der Waals surface area contributed by atoms with Crippen LogP contribution in [0.15, 0.2) is 6.07 Å². The molecular weight excluding hydrogens is 290 g/mol. The first-order chi connectivity index (χ1) is 10.0. The number of anilines is 1. The Morgan fingerprint density at radius 2 is 2.24 bits per heavy atom. The van der Waals surface area contributed by atoms with Gasteiger partial charge in [-0.15, -0.1) is 0 Å². The van der Waals surface area contributed by atoms with E-state index >= 15 is 0 Å². The number of aromatic nitrogens is 1. The number of aryl methyl sites for hydroxylation is 1. The second kappa shape index (κ2) is 5.19. The maximum absolute atomic E-state index is 11.3. The van der Waals surface area contributed by atoms with Gasteiger partial charge in [-0.25, -0.2) is 4.98 Å². The van der Waals surface area contributed by atoms with E-state index in [1.54, 1.807) is 0 Å². The Morgan fingerprint density at radius 1 is 1.57 bits per heavy atom. The largest absolute Gasteiger partial charge is 0.469 e. The van der Waals surface area contributed by atoms with Crippen LogP contribution in [-0.4, -0.2) is 31.2 Å². The number of esters is 1. The van der Waals surface area contributed by atoms with Gasteiger partial charge in [-0.3, -0.25) is 4.79 Å². The highest BCUT2D eigenvalue weighted by Gasteiger charge is 2.56. The summed E-state index contributed by atoms with van der Waals surface area (Å²) < 4.78 is 4.72. The molecule has 21 heavy (non-hydrogen) atoms. The summed E-state index contributed by atoms with van der Waals surface area (Å²) >= 11 is 6.06. The minimum Gasteiger partial charge on any atom is -0.469 e. The number of carbonyl (C=O) groups is 1. The number of halogens is 1. The highest BCUT2D eigenvalue weighted by molar-refractivity contribution is 6.31. The fraction of sp³-hybridized carbons (Fsp3) is 0.533. The summed E-state index contributed by atoms with van der Waals surface area (Å²) in [6.45, 7) is 3.59. The van der Waals surface area contributed by atoms with E-state index in [-0.39, 0.29) is 11.1 Å². The lowest BCUT2D eigenvalue weighted by molar-refractivity contribution is -0.141. The number of ether oxygens (including phenoxy) is 1. The molecule has 0 spiro atoms. The standard InChI is InChI=1S/C15H16ClN3O2/c1-8-3-13(10(5-17)15(16)18-8)19-6-11-9(12(11)7-19)4-14(20)21-2/h3,9,11-12H,4,6-7H2,1-2H3/t9-,11-,12+. The molecule has 6 heteroatoms. The number of hydrogen-bond donors (Lipinski definition) is 0. The van der Waals surface area contributed by atoms with Gasteiger partial charge < -0.3 is 9.64 Å². The second-order valence-corrected chi connectivity index (χ2v) is 6.10. The number of piperidine rings is 1. The quantitative estimate of drug-likeness (QED) is 0.632. The average molecular weight is 306 g/mol. The van der Waals surface area contributed by atoms with Crippen molar-refractivity contribution < 1.29 is 9.53 Å². The molecule has 1 aromatic rings. The van der Waals surface area contributed by atoms with Crippen molar-refractivity contribution in [2.24, 2.45) is 17.8 Å². The maximum atomic E-state index is 11.3. The van der Waals surface area contributed by atoms with Gasteiger partial charge in [0.25, 0.3) is 0 Å². The van der Waals surface area contributed by atoms with Gasteiger partial charge in [0, 0.05) is 25.2 Å². The summed E-state index contributed by atoms with van der Waals surface area (Å²) in [6.07, 6.45) is 0.501. The molecule has 3 rings (SSSR count). The second-order valence-electron chi connectivity index (χ2n) is 5.74. The summed E-state index contributed by atoms with van der Waals surface area (Å²) in [5.41, 5.74) is 2.10. The number of rotatable bonds is 3. The van der Waals surface area contributed by atoms with Gasteiger partial charge in [0.2, 0.25) is 0 Å². The zero-order valence-electron chi connectivity index (χ0n) is 12.0. The molecule has 1 saturated heterocycles. The highest BCUT2D eigenvalue weighted by Crippen LogP contribution is 2.54. The molecule has 2 fully saturated rings. The molecule has 2 heterocycles. The fourth-order valence-corrected chi connectivity index (χ4v) is 3.67. The van der Waals surface area contributed by atoms with Gasteiger partial charge in [0.1, 0.15) is 16.8 Å². The average Bonchev–Trinajstić information content (AvgIpc) is 2.89. The Balaban J connectivity index is 1.73. The molecule has 0 aromatic carbocycles. The van der Waals surface area contributed by atoms with Crippen molar-refractivity contribution >= 4 is 23.3 Å². The molecule has 1 aliphatic carbocycles. The van der Waals surface area contributed by atoms with Gasteiger partial charge in [0.05, 0.1) is 12.8 Å². The molecule has 0 amide bonds. The molecule has 0 N–H and O–H groups in total. The molecule has 1 saturated carbocycles. The Kier molecular flexibility index (Phi) is 3.50. The first-order valence-corrected chi connectivity index (χ1v) is 7.32. The zero-order valence-corrected chi connectivity index (χ0v) is 12.7. The van der Waals surface area contributed by atoms with E-state index in [0.29, 0.717) is 29.7 Å². The first kappa shape index (κ1) is 14.2. The summed E-state index contributed by atoms with van der Waals surface area (Å²) in [7, 11) is 1.42. The lowest BCUT2D eigenvalue weighted by atomic mass is 10.1. The molecule has 0 radical (unpaired) electrons. The van der Waals surface area contributed by atoms with Crippen LogP contribution in [-0.2, 0) is 9.53 Å². The number of carbonyl (C=O) groups excluding carboxylic acids is 1. The number of pyridine rings is 1. The molecule has 0 unspecified atom stereocenters. The Labute approximate surface area is 128 Å². The molecule has 1 aliphatic heterocycles. The molecule has 0 bridgehead atoms. The molecule has 110 valence electrons. The van der Waals surface area contributed by atoms with Gasteiger partial charge in [-0.2, -0.15) is 5.26 Å². The van der Waals surface area contributed by atoms with Crippen molar-refractivity contribution in [3.63, 3.8) is 0 Å². The number of fused-ring (bicyclic) bond motifs is 1. The molecule has 5 nitrogen and oxygen atoms in total. The van der Waals surface area contributed by atoms with E-state index < -0.39 is 0 Å². The van der Waals surface area contributed by atoms with Crippen LogP contribution in [0.3, 0.4) is 0 Å². The smallest absolute Gasteiger partial charge is 0.305 e. The summed E-state index contributed by atoms with van der Waals surface area (Å²) in [5, 5.41) is 9.53. The highest BCUT2D eigenvalue weighted by atomic mass is 35.5. The Bertz CT molecular complexity index is 629. The number of nitriles is 1. The van der Waals surface area contributed by atoms with Crippen molar-refractivity contribution in [3.05, 3.63) is 22.5 Å². The number of methoxy groups -OCH3 is 1. The maximum Gasteiger partial charge on any atom is 0.305 e. The van der Waals surface area contributed by atoms with E-state index in [2.05, 4.69) is 16.0 Å². The van der Waals surface area contributed by atoms with Crippen molar-refractivity contribution in [1.82, 2.24) is 4.98 Å². The van der Waals surface area contributed by atoms with Crippen LogP contribution < -0.4 is 4.90 Å². The molecule has 3 atom stereocenters. The number of hydrogen-bond acceptors (Lipinski definition) is 5. The minimum atomic E-state index is -0.138. The van der Waals surface area contributed by atoms with Crippen LogP contribution in [0.5, 0.6) is 0 Å². The van der Waals surface area contributed by atoms with E-state index in [1.807, 2.05) is 13.0 Å². The van der Waals surface area contributed by atoms with Crippen LogP contribution in [0.4, 0.5) is 5.69 Å². The molecular formula is C15H16ClN3O2. The van der Waals surface area contributed by atoms with Gasteiger partial charge in [-0.1, -0.05) is 11.6 Å². The predicted molar refractivity (Wildman–Crippen MR) is 78.0 cm³/mol. The third-order valence-corrected chi connectivity index (χ3v) is 4.81. The van der Waals surface area contributed by atoms with Crippen LogP contribution in [0, 0.1) is 36.0 Å². The predicted octanol–water partition coefficient (Wildman–Crippen LogP) is 2.16. The van der Waals surface area contributed by atoms with E-state index in [9.17, 15) is 10.1 Å². The lowest BCUT2D eigenvalue weighted by Gasteiger charge is -2.23. The normalized spacial score (nSPS) is 26.2. The Hall–Kier alpha value is -1.80. The van der Waals surface area contributed by atoms with E-state index in [1.165, 1.54) is 7.11 Å². The van der Waals surface area contributed by atoms with Crippen molar-refractivity contribution in [2.75, 3.05) is 25.1 Å². The molecule has 2 aliphatic rings.